The number of fused-ring (bicyclic) bond motifs is 2. The molecule has 4 amide bonds. The summed E-state index contributed by atoms with van der Waals surface area (Å²) in [4.78, 5) is 71.5. The maximum Gasteiger partial charge on any atom is 0.343 e. The molecule has 0 radical (unpaired) electrons. The van der Waals surface area contributed by atoms with Crippen molar-refractivity contribution in [3.8, 4) is 11.5 Å². The molecule has 2 aliphatic rings. The van der Waals surface area contributed by atoms with Crippen LogP contribution >= 0.6 is 0 Å². The lowest BCUT2D eigenvalue weighted by molar-refractivity contribution is -0.135. The molecule has 43 heavy (non-hydrogen) atoms. The van der Waals surface area contributed by atoms with Crippen LogP contribution in [-0.2, 0) is 26.4 Å². The molecule has 0 saturated carbocycles. The molecule has 218 valence electrons. The van der Waals surface area contributed by atoms with Crippen LogP contribution < -0.4 is 14.8 Å². The van der Waals surface area contributed by atoms with Gasteiger partial charge in [0.2, 0.25) is 0 Å². The number of benzene rings is 2. The summed E-state index contributed by atoms with van der Waals surface area (Å²) < 4.78 is 21.6. The minimum Gasteiger partial charge on any atom is -0.497 e. The van der Waals surface area contributed by atoms with Crippen molar-refractivity contribution in [3.63, 3.8) is 0 Å². The number of hydrogen-bond acceptors (Lipinski definition) is 10. The van der Waals surface area contributed by atoms with E-state index in [9.17, 15) is 24.0 Å². The van der Waals surface area contributed by atoms with E-state index in [-0.39, 0.29) is 36.1 Å². The summed E-state index contributed by atoms with van der Waals surface area (Å²) in [6, 6.07) is 15.0. The molecule has 2 aromatic carbocycles. The molecule has 4 heterocycles. The molecule has 1 N–H and O–H groups in total. The fraction of sp³-hybridized carbons (Fsp3) is 0.200. The SMILES string of the molecule is COc1ccc2c(c1)C(=O)N(C[C@@]1(c3cc4ncccc4o3)NC(=O)N(COC(=O)c3ccccc3OC(C)=O)C1=O)C2. The van der Waals surface area contributed by atoms with Crippen LogP contribution in [0.25, 0.3) is 11.1 Å². The second-order valence-electron chi connectivity index (χ2n) is 9.90. The van der Waals surface area contributed by atoms with Crippen molar-refractivity contribution in [1.82, 2.24) is 20.1 Å². The van der Waals surface area contributed by atoms with Gasteiger partial charge < -0.3 is 28.8 Å². The molecule has 0 aliphatic carbocycles. The van der Waals surface area contributed by atoms with Crippen LogP contribution in [0.5, 0.6) is 11.5 Å². The number of carbonyl (C=O) groups is 5. The average Bonchev–Trinajstić information content (AvgIpc) is 3.64. The Balaban J connectivity index is 1.30. The standard InChI is InChI=1S/C30H24N4O9/c1-17(35)42-23-7-4-3-6-20(23)27(37)41-16-34-28(38)30(32-29(34)39,25-13-22-24(43-25)8-5-11-31-22)15-33-14-18-9-10-19(40-2)12-21(18)26(33)36/h3-13H,14-16H2,1-2H3,(H,32,39)/t30-/m0/s1. The Morgan fingerprint density at radius 3 is 2.65 bits per heavy atom. The second kappa shape index (κ2) is 10.6. The van der Waals surface area contributed by atoms with Gasteiger partial charge in [-0.2, -0.15) is 0 Å². The summed E-state index contributed by atoms with van der Waals surface area (Å²) in [5.74, 6) is -2.23. The van der Waals surface area contributed by atoms with Gasteiger partial charge in [-0.15, -0.1) is 0 Å². The Bertz CT molecular complexity index is 1780. The number of nitrogens with zero attached hydrogens (tertiary/aromatic N) is 3. The molecule has 13 nitrogen and oxygen atoms in total. The van der Waals surface area contributed by atoms with Gasteiger partial charge in [-0.25, -0.2) is 14.5 Å². The minimum absolute atomic E-state index is 0.0370. The van der Waals surface area contributed by atoms with Gasteiger partial charge in [-0.1, -0.05) is 18.2 Å². The number of esters is 2. The Labute approximate surface area is 243 Å². The summed E-state index contributed by atoms with van der Waals surface area (Å²) in [6.45, 7) is 0.308. The predicted molar refractivity (Wildman–Crippen MR) is 147 cm³/mol. The van der Waals surface area contributed by atoms with Crippen molar-refractivity contribution in [2.45, 2.75) is 19.0 Å². The molecular weight excluding hydrogens is 560 g/mol. The first kappa shape index (κ1) is 27.4. The number of amides is 4. The molecular formula is C30H24N4O9. The van der Waals surface area contributed by atoms with Crippen LogP contribution in [0, 0.1) is 0 Å². The van der Waals surface area contributed by atoms with Crippen molar-refractivity contribution in [3.05, 3.63) is 89.3 Å². The van der Waals surface area contributed by atoms with E-state index in [4.69, 9.17) is 18.6 Å². The predicted octanol–water partition coefficient (Wildman–Crippen LogP) is 2.98. The number of pyridine rings is 1. The zero-order valence-corrected chi connectivity index (χ0v) is 23.0. The van der Waals surface area contributed by atoms with Gasteiger partial charge in [0.15, 0.2) is 17.9 Å². The van der Waals surface area contributed by atoms with E-state index in [0.717, 1.165) is 5.56 Å². The number of urea groups is 1. The molecule has 0 unspecified atom stereocenters. The summed E-state index contributed by atoms with van der Waals surface area (Å²) in [7, 11) is 1.49. The largest absolute Gasteiger partial charge is 0.497 e. The van der Waals surface area contributed by atoms with Gasteiger partial charge in [0, 0.05) is 31.3 Å². The van der Waals surface area contributed by atoms with Crippen molar-refractivity contribution in [2.24, 2.45) is 0 Å². The molecule has 6 rings (SSSR count). The second-order valence-corrected chi connectivity index (χ2v) is 9.90. The molecule has 1 saturated heterocycles. The van der Waals surface area contributed by atoms with E-state index < -0.39 is 36.1 Å². The van der Waals surface area contributed by atoms with Gasteiger partial charge in [-0.05, 0) is 42.0 Å². The molecule has 2 aromatic heterocycles. The fourth-order valence-electron chi connectivity index (χ4n) is 5.14. The third-order valence-electron chi connectivity index (χ3n) is 7.19. The number of rotatable bonds is 8. The monoisotopic (exact) mass is 584 g/mol. The number of nitrogens with one attached hydrogen (secondary N) is 1. The van der Waals surface area contributed by atoms with Crippen molar-refractivity contribution < 1.29 is 42.6 Å². The molecule has 0 bridgehead atoms. The number of carbonyl (C=O) groups excluding carboxylic acids is 5. The summed E-state index contributed by atoms with van der Waals surface area (Å²) in [6.07, 6.45) is 1.55. The van der Waals surface area contributed by atoms with E-state index in [1.54, 1.807) is 48.7 Å². The number of aromatic nitrogens is 1. The van der Waals surface area contributed by atoms with Gasteiger partial charge in [0.25, 0.3) is 11.8 Å². The lowest BCUT2D eigenvalue weighted by Gasteiger charge is -2.29. The normalized spacial score (nSPS) is 17.7. The number of hydrogen-bond donors (Lipinski definition) is 1. The van der Waals surface area contributed by atoms with Crippen LogP contribution in [0.2, 0.25) is 0 Å². The summed E-state index contributed by atoms with van der Waals surface area (Å²) >= 11 is 0. The zero-order valence-electron chi connectivity index (χ0n) is 23.0. The first-order chi connectivity index (χ1) is 20.7. The highest BCUT2D eigenvalue weighted by atomic mass is 16.6. The summed E-state index contributed by atoms with van der Waals surface area (Å²) in [5.41, 5.74) is 0.00582. The lowest BCUT2D eigenvalue weighted by atomic mass is 9.95. The Morgan fingerprint density at radius 2 is 1.88 bits per heavy atom. The maximum atomic E-state index is 14.1. The maximum absolute atomic E-state index is 14.1. The minimum atomic E-state index is -1.86. The van der Waals surface area contributed by atoms with Crippen LogP contribution in [0.4, 0.5) is 4.79 Å². The van der Waals surface area contributed by atoms with Crippen LogP contribution in [0.15, 0.2) is 71.3 Å². The lowest BCUT2D eigenvalue weighted by Crippen LogP contribution is -2.52. The number of ether oxygens (including phenoxy) is 3. The van der Waals surface area contributed by atoms with Crippen molar-refractivity contribution in [2.75, 3.05) is 20.4 Å². The number of para-hydroxylation sites is 1. The quantitative estimate of drug-likeness (QED) is 0.185. The Hall–Kier alpha value is -5.72. The van der Waals surface area contributed by atoms with Gasteiger partial charge in [0.1, 0.15) is 28.3 Å². The van der Waals surface area contributed by atoms with Crippen molar-refractivity contribution in [1.29, 1.82) is 0 Å². The smallest absolute Gasteiger partial charge is 0.343 e. The Kier molecular flexibility index (Phi) is 6.76. The third-order valence-corrected chi connectivity index (χ3v) is 7.19. The molecule has 4 aromatic rings. The van der Waals surface area contributed by atoms with E-state index in [1.807, 2.05) is 0 Å². The van der Waals surface area contributed by atoms with Gasteiger partial charge in [0.05, 0.1) is 13.7 Å². The van der Waals surface area contributed by atoms with Crippen LogP contribution in [0.3, 0.4) is 0 Å². The summed E-state index contributed by atoms with van der Waals surface area (Å²) in [5, 5.41) is 2.68. The fourth-order valence-corrected chi connectivity index (χ4v) is 5.14. The molecule has 1 fully saturated rings. The third kappa shape index (κ3) is 4.80. The highest BCUT2D eigenvalue weighted by Gasteiger charge is 2.57. The molecule has 2 aliphatic heterocycles. The molecule has 1 atom stereocenters. The number of methoxy groups -OCH3 is 1. The first-order valence-electron chi connectivity index (χ1n) is 13.1. The van der Waals surface area contributed by atoms with Crippen molar-refractivity contribution >= 4 is 40.9 Å². The van der Waals surface area contributed by atoms with E-state index in [0.29, 0.717) is 27.3 Å². The van der Waals surface area contributed by atoms with Crippen LogP contribution in [-0.4, -0.2) is 65.0 Å². The van der Waals surface area contributed by atoms with E-state index in [1.165, 1.54) is 37.1 Å². The van der Waals surface area contributed by atoms with Gasteiger partial charge in [-0.3, -0.25) is 19.4 Å². The van der Waals surface area contributed by atoms with E-state index >= 15 is 0 Å². The van der Waals surface area contributed by atoms with Crippen LogP contribution in [0.1, 0.15) is 39.0 Å². The number of furan rings is 1. The topological polar surface area (TPSA) is 158 Å². The molecule has 13 heteroatoms. The van der Waals surface area contributed by atoms with Gasteiger partial charge >= 0.3 is 18.0 Å². The van der Waals surface area contributed by atoms with E-state index in [2.05, 4.69) is 10.3 Å². The average molecular weight is 585 g/mol. The highest BCUT2D eigenvalue weighted by molar-refractivity contribution is 6.08. The first-order valence-corrected chi connectivity index (χ1v) is 13.1. The molecule has 0 spiro atoms. The Morgan fingerprint density at radius 1 is 1.07 bits per heavy atom. The number of imide groups is 1. The zero-order chi connectivity index (χ0) is 30.3. The highest BCUT2D eigenvalue weighted by Crippen LogP contribution is 2.37.